The average molecular weight is 311 g/mol. The number of hydrogen-bond acceptors (Lipinski definition) is 2. The zero-order chi connectivity index (χ0) is 12.8. The number of rotatable bonds is 2. The summed E-state index contributed by atoms with van der Waals surface area (Å²) in [5, 5.41) is 10.1. The van der Waals surface area contributed by atoms with Gasteiger partial charge in [-0.25, -0.2) is 0 Å². The molecule has 3 rings (SSSR count). The van der Waals surface area contributed by atoms with Gasteiger partial charge in [0.15, 0.2) is 0 Å². The number of aliphatic hydroxyl groups excluding tert-OH is 1. The number of ether oxygens (including phenoxy) is 1. The molecule has 98 valence electrons. The maximum Gasteiger partial charge on any atom is 0.133 e. The second-order valence-corrected chi connectivity index (χ2v) is 6.59. The fourth-order valence-corrected chi connectivity index (χ4v) is 4.02. The number of aliphatic hydroxyl groups is 1. The molecule has 2 aliphatic rings. The van der Waals surface area contributed by atoms with Crippen molar-refractivity contribution in [2.75, 3.05) is 0 Å². The lowest BCUT2D eigenvalue weighted by atomic mass is 9.62. The molecule has 0 aromatic heterocycles. The van der Waals surface area contributed by atoms with E-state index in [1.54, 1.807) is 0 Å². The van der Waals surface area contributed by atoms with Crippen molar-refractivity contribution in [1.82, 2.24) is 0 Å². The van der Waals surface area contributed by atoms with Gasteiger partial charge in [-0.2, -0.15) is 0 Å². The minimum atomic E-state index is -0.158. The van der Waals surface area contributed by atoms with Crippen LogP contribution in [-0.4, -0.2) is 17.3 Å². The van der Waals surface area contributed by atoms with Gasteiger partial charge >= 0.3 is 0 Å². The van der Waals surface area contributed by atoms with Gasteiger partial charge in [-0.1, -0.05) is 18.9 Å². The van der Waals surface area contributed by atoms with Gasteiger partial charge in [0, 0.05) is 11.8 Å². The van der Waals surface area contributed by atoms with Gasteiger partial charge < -0.3 is 9.84 Å². The lowest BCUT2D eigenvalue weighted by Gasteiger charge is -2.51. The monoisotopic (exact) mass is 310 g/mol. The van der Waals surface area contributed by atoms with Crippen LogP contribution in [0.3, 0.4) is 0 Å². The summed E-state index contributed by atoms with van der Waals surface area (Å²) in [5.41, 5.74) is 1.27. The predicted octanol–water partition coefficient (Wildman–Crippen LogP) is 3.83. The van der Waals surface area contributed by atoms with Gasteiger partial charge in [0.1, 0.15) is 11.9 Å². The van der Waals surface area contributed by atoms with Gasteiger partial charge in [0.05, 0.1) is 10.6 Å². The Bertz CT molecular complexity index is 452. The average Bonchev–Trinajstić information content (AvgIpc) is 2.83. The number of hydrogen-bond donors (Lipinski definition) is 1. The quantitative estimate of drug-likeness (QED) is 0.899. The molecule has 2 nitrogen and oxygen atoms in total. The molecule has 0 amide bonds. The van der Waals surface area contributed by atoms with Crippen LogP contribution in [0.15, 0.2) is 22.7 Å². The van der Waals surface area contributed by atoms with Crippen LogP contribution < -0.4 is 4.74 Å². The first-order chi connectivity index (χ1) is 8.62. The zero-order valence-corrected chi connectivity index (χ0v) is 12.2. The minimum absolute atomic E-state index is 0.0460. The lowest BCUT2D eigenvalue weighted by Crippen LogP contribution is -2.58. The molecule has 2 aliphatic carbocycles. The first-order valence-corrected chi connectivity index (χ1v) is 7.52. The molecule has 2 fully saturated rings. The van der Waals surface area contributed by atoms with Crippen LogP contribution in [0, 0.1) is 12.3 Å². The van der Waals surface area contributed by atoms with E-state index in [0.29, 0.717) is 0 Å². The van der Waals surface area contributed by atoms with E-state index in [9.17, 15) is 5.11 Å². The Morgan fingerprint density at radius 3 is 2.67 bits per heavy atom. The highest BCUT2D eigenvalue weighted by Crippen LogP contribution is 2.54. The maximum absolute atomic E-state index is 10.1. The molecular formula is C15H19BrO2. The van der Waals surface area contributed by atoms with Gasteiger partial charge in [0.2, 0.25) is 0 Å². The molecule has 2 unspecified atom stereocenters. The molecule has 1 aromatic carbocycles. The molecule has 3 heteroatoms. The Hall–Kier alpha value is -0.540. The van der Waals surface area contributed by atoms with E-state index in [2.05, 4.69) is 35.0 Å². The van der Waals surface area contributed by atoms with Gasteiger partial charge in [-0.15, -0.1) is 0 Å². The molecule has 2 atom stereocenters. The van der Waals surface area contributed by atoms with Crippen LogP contribution in [0.4, 0.5) is 0 Å². The molecule has 0 bridgehead atoms. The molecule has 18 heavy (non-hydrogen) atoms. The van der Waals surface area contributed by atoms with E-state index in [1.807, 2.05) is 6.07 Å². The normalized spacial score (nSPS) is 29.3. The topological polar surface area (TPSA) is 29.5 Å². The third-order valence-electron chi connectivity index (χ3n) is 4.63. The summed E-state index contributed by atoms with van der Waals surface area (Å²) in [4.78, 5) is 0. The van der Waals surface area contributed by atoms with Crippen molar-refractivity contribution >= 4 is 15.9 Å². The van der Waals surface area contributed by atoms with Crippen molar-refractivity contribution in [2.45, 2.75) is 51.2 Å². The van der Waals surface area contributed by atoms with Crippen molar-refractivity contribution in [3.8, 4) is 5.75 Å². The zero-order valence-electron chi connectivity index (χ0n) is 10.7. The molecule has 1 aromatic rings. The first-order valence-electron chi connectivity index (χ1n) is 6.73. The molecule has 0 saturated heterocycles. The van der Waals surface area contributed by atoms with Crippen molar-refractivity contribution in [3.05, 3.63) is 28.2 Å². The van der Waals surface area contributed by atoms with E-state index in [4.69, 9.17) is 4.74 Å². The van der Waals surface area contributed by atoms with Crippen LogP contribution in [-0.2, 0) is 0 Å². The highest BCUT2D eigenvalue weighted by molar-refractivity contribution is 9.10. The number of halogens is 1. The molecule has 1 N–H and O–H groups in total. The Morgan fingerprint density at radius 1 is 1.33 bits per heavy atom. The maximum atomic E-state index is 10.1. The largest absolute Gasteiger partial charge is 0.488 e. The summed E-state index contributed by atoms with van der Waals surface area (Å²) < 4.78 is 7.15. The van der Waals surface area contributed by atoms with Crippen molar-refractivity contribution in [2.24, 2.45) is 5.41 Å². The third kappa shape index (κ3) is 1.88. The summed E-state index contributed by atoms with van der Waals surface area (Å²) >= 11 is 3.55. The Kier molecular flexibility index (Phi) is 3.15. The van der Waals surface area contributed by atoms with Crippen LogP contribution in [0.2, 0.25) is 0 Å². The molecule has 0 radical (unpaired) electrons. The van der Waals surface area contributed by atoms with Crippen molar-refractivity contribution in [1.29, 1.82) is 0 Å². The lowest BCUT2D eigenvalue weighted by molar-refractivity contribution is -0.152. The Labute approximate surface area is 116 Å². The van der Waals surface area contributed by atoms with E-state index in [-0.39, 0.29) is 17.6 Å². The van der Waals surface area contributed by atoms with Crippen LogP contribution in [0.25, 0.3) is 0 Å². The predicted molar refractivity (Wildman–Crippen MR) is 74.8 cm³/mol. The van der Waals surface area contributed by atoms with E-state index in [0.717, 1.165) is 29.5 Å². The van der Waals surface area contributed by atoms with Gasteiger partial charge in [-0.05, 0) is 53.4 Å². The molecule has 1 spiro atoms. The first kappa shape index (κ1) is 12.5. The van der Waals surface area contributed by atoms with Gasteiger partial charge in [-0.3, -0.25) is 0 Å². The van der Waals surface area contributed by atoms with Gasteiger partial charge in [0.25, 0.3) is 0 Å². The molecule has 2 saturated carbocycles. The summed E-state index contributed by atoms with van der Waals surface area (Å²) in [7, 11) is 0. The standard InChI is InChI=1S/C15H19BrO2/c1-10-4-5-12(11(16)8-10)18-14-9-13(17)15(14)6-2-3-7-15/h4-5,8,13-14,17H,2-3,6-7,9H2,1H3. The summed E-state index contributed by atoms with van der Waals surface area (Å²) in [6, 6.07) is 6.16. The molecular weight excluding hydrogens is 292 g/mol. The highest BCUT2D eigenvalue weighted by atomic mass is 79.9. The third-order valence-corrected chi connectivity index (χ3v) is 5.25. The van der Waals surface area contributed by atoms with E-state index >= 15 is 0 Å². The molecule has 0 heterocycles. The second kappa shape index (κ2) is 4.53. The number of aryl methyl sites for hydroxylation is 1. The smallest absolute Gasteiger partial charge is 0.133 e. The summed E-state index contributed by atoms with van der Waals surface area (Å²) in [5.74, 6) is 0.906. The van der Waals surface area contributed by atoms with E-state index < -0.39 is 0 Å². The SMILES string of the molecule is Cc1ccc(OC2CC(O)C23CCCC3)c(Br)c1. The van der Waals surface area contributed by atoms with Crippen LogP contribution >= 0.6 is 15.9 Å². The van der Waals surface area contributed by atoms with Crippen LogP contribution in [0.5, 0.6) is 5.75 Å². The summed E-state index contributed by atoms with van der Waals surface area (Å²) in [6.45, 7) is 2.07. The molecule has 0 aliphatic heterocycles. The highest BCUT2D eigenvalue weighted by Gasteiger charge is 2.57. The Morgan fingerprint density at radius 2 is 2.06 bits per heavy atom. The summed E-state index contributed by atoms with van der Waals surface area (Å²) in [6.07, 6.45) is 5.49. The van der Waals surface area contributed by atoms with E-state index in [1.165, 1.54) is 18.4 Å². The second-order valence-electron chi connectivity index (χ2n) is 5.73. The minimum Gasteiger partial charge on any atom is -0.488 e. The fraction of sp³-hybridized carbons (Fsp3) is 0.600. The van der Waals surface area contributed by atoms with Crippen molar-refractivity contribution in [3.63, 3.8) is 0 Å². The number of benzene rings is 1. The van der Waals surface area contributed by atoms with Crippen molar-refractivity contribution < 1.29 is 9.84 Å². The van der Waals surface area contributed by atoms with Crippen LogP contribution in [0.1, 0.15) is 37.7 Å². The fourth-order valence-electron chi connectivity index (χ4n) is 3.43. The Balaban J connectivity index is 1.77.